The number of hydrogen-bond donors (Lipinski definition) is 2. The first-order valence-corrected chi connectivity index (χ1v) is 11.1. The lowest BCUT2D eigenvalue weighted by Gasteiger charge is -2.58. The first-order valence-electron chi connectivity index (χ1n) is 11.1. The first-order chi connectivity index (χ1) is 13.5. The van der Waals surface area contributed by atoms with Crippen LogP contribution in [-0.2, 0) is 6.42 Å². The van der Waals surface area contributed by atoms with Crippen LogP contribution in [0.1, 0.15) is 78.9 Å². The SMILES string of the molecule is O=C(NO)c1cc(F)c2c(c1)CC1CCC2N1CC12CC3CC(CC(C3)C1)C2. The fourth-order valence-corrected chi connectivity index (χ4v) is 8.24. The number of hydrogen-bond acceptors (Lipinski definition) is 3. The molecule has 2 aliphatic heterocycles. The van der Waals surface area contributed by atoms with E-state index in [1.807, 2.05) is 0 Å². The highest BCUT2D eigenvalue weighted by atomic mass is 19.1. The van der Waals surface area contributed by atoms with E-state index in [4.69, 9.17) is 5.21 Å². The number of carbonyl (C=O) groups is 1. The molecule has 150 valence electrons. The van der Waals surface area contributed by atoms with Crippen LogP contribution in [0.2, 0.25) is 0 Å². The van der Waals surface area contributed by atoms with Crippen LogP contribution < -0.4 is 5.48 Å². The van der Waals surface area contributed by atoms with Crippen molar-refractivity contribution in [3.63, 3.8) is 0 Å². The molecule has 1 aromatic rings. The predicted octanol–water partition coefficient (Wildman–Crippen LogP) is 4.22. The van der Waals surface area contributed by atoms with Gasteiger partial charge in [-0.3, -0.25) is 14.9 Å². The number of carbonyl (C=O) groups excluding carboxylic acids is 1. The fraction of sp³-hybridized carbons (Fsp3) is 0.696. The Kier molecular flexibility index (Phi) is 3.74. The number of nitrogens with zero attached hydrogens (tertiary/aromatic N) is 1. The molecule has 7 rings (SSSR count). The molecular formula is C23H29FN2O2. The average Bonchev–Trinajstić information content (AvgIpc) is 2.90. The Morgan fingerprint density at radius 2 is 1.82 bits per heavy atom. The molecule has 2 atom stereocenters. The lowest BCUT2D eigenvalue weighted by atomic mass is 9.49. The highest BCUT2D eigenvalue weighted by molar-refractivity contribution is 5.93. The van der Waals surface area contributed by atoms with Crippen LogP contribution in [0.25, 0.3) is 0 Å². The number of benzene rings is 1. The van der Waals surface area contributed by atoms with Gasteiger partial charge in [0, 0.05) is 29.8 Å². The summed E-state index contributed by atoms with van der Waals surface area (Å²) in [6.45, 7) is 1.14. The Balaban J connectivity index is 1.31. The topological polar surface area (TPSA) is 52.6 Å². The number of rotatable bonds is 3. The van der Waals surface area contributed by atoms with Gasteiger partial charge in [0.15, 0.2) is 0 Å². The van der Waals surface area contributed by atoms with Gasteiger partial charge in [-0.25, -0.2) is 9.87 Å². The van der Waals surface area contributed by atoms with Crippen LogP contribution in [0.4, 0.5) is 4.39 Å². The second-order valence-electron chi connectivity index (χ2n) is 10.5. The van der Waals surface area contributed by atoms with Gasteiger partial charge in [0.1, 0.15) is 5.82 Å². The van der Waals surface area contributed by atoms with Gasteiger partial charge in [-0.15, -0.1) is 0 Å². The van der Waals surface area contributed by atoms with Crippen LogP contribution in [0, 0.1) is 29.0 Å². The molecule has 5 fully saturated rings. The second-order valence-corrected chi connectivity index (χ2v) is 10.5. The summed E-state index contributed by atoms with van der Waals surface area (Å²) in [7, 11) is 0. The summed E-state index contributed by atoms with van der Waals surface area (Å²) in [6.07, 6.45) is 11.5. The van der Waals surface area contributed by atoms with Gasteiger partial charge >= 0.3 is 0 Å². The summed E-state index contributed by atoms with van der Waals surface area (Å²) in [4.78, 5) is 14.4. The smallest absolute Gasteiger partial charge is 0.274 e. The van der Waals surface area contributed by atoms with E-state index in [-0.39, 0.29) is 17.4 Å². The summed E-state index contributed by atoms with van der Waals surface area (Å²) in [5.74, 6) is 1.91. The Hall–Kier alpha value is -1.46. The monoisotopic (exact) mass is 384 g/mol. The van der Waals surface area contributed by atoms with Gasteiger partial charge < -0.3 is 0 Å². The molecule has 4 saturated carbocycles. The zero-order chi connectivity index (χ0) is 19.0. The van der Waals surface area contributed by atoms with Crippen LogP contribution in [0.3, 0.4) is 0 Å². The van der Waals surface area contributed by atoms with Crippen molar-refractivity contribution >= 4 is 5.91 Å². The van der Waals surface area contributed by atoms with Gasteiger partial charge in [-0.05, 0) is 98.7 Å². The number of hydroxylamine groups is 1. The van der Waals surface area contributed by atoms with E-state index in [1.165, 1.54) is 44.6 Å². The summed E-state index contributed by atoms with van der Waals surface area (Å²) in [5.41, 5.74) is 4.10. The molecule has 0 spiro atoms. The number of fused-ring (bicyclic) bond motifs is 4. The Bertz CT molecular complexity index is 803. The van der Waals surface area contributed by atoms with Gasteiger partial charge in [-0.2, -0.15) is 0 Å². The van der Waals surface area contributed by atoms with E-state index in [0.29, 0.717) is 11.5 Å². The van der Waals surface area contributed by atoms with E-state index in [1.54, 1.807) is 11.5 Å². The zero-order valence-electron chi connectivity index (χ0n) is 16.3. The van der Waals surface area contributed by atoms with Crippen molar-refractivity contribution in [2.24, 2.45) is 23.2 Å². The maximum atomic E-state index is 15.1. The predicted molar refractivity (Wildman–Crippen MR) is 102 cm³/mol. The van der Waals surface area contributed by atoms with E-state index < -0.39 is 5.91 Å². The van der Waals surface area contributed by atoms with E-state index in [0.717, 1.165) is 54.7 Å². The summed E-state index contributed by atoms with van der Waals surface area (Å²) >= 11 is 0. The number of amides is 1. The van der Waals surface area contributed by atoms with Gasteiger partial charge in [-0.1, -0.05) is 0 Å². The fourth-order valence-electron chi connectivity index (χ4n) is 8.24. The van der Waals surface area contributed by atoms with Gasteiger partial charge in [0.2, 0.25) is 0 Å². The Morgan fingerprint density at radius 1 is 1.14 bits per heavy atom. The molecular weight excluding hydrogens is 355 g/mol. The highest BCUT2D eigenvalue weighted by Gasteiger charge is 2.53. The molecule has 1 amide bonds. The average molecular weight is 384 g/mol. The largest absolute Gasteiger partial charge is 0.292 e. The quantitative estimate of drug-likeness (QED) is 0.606. The number of nitrogens with one attached hydrogen (secondary N) is 1. The summed E-state index contributed by atoms with van der Waals surface area (Å²) in [5, 5.41) is 8.90. The van der Waals surface area contributed by atoms with E-state index in [2.05, 4.69) is 4.90 Å². The molecule has 2 unspecified atom stereocenters. The Morgan fingerprint density at radius 3 is 2.46 bits per heavy atom. The minimum absolute atomic E-state index is 0.160. The maximum Gasteiger partial charge on any atom is 0.274 e. The van der Waals surface area contributed by atoms with Crippen molar-refractivity contribution in [2.75, 3.05) is 6.54 Å². The van der Waals surface area contributed by atoms with Crippen LogP contribution in [-0.4, -0.2) is 28.6 Å². The highest BCUT2D eigenvalue weighted by Crippen LogP contribution is 2.61. The summed E-state index contributed by atoms with van der Waals surface area (Å²) in [6, 6.07) is 3.72. The third-order valence-corrected chi connectivity index (χ3v) is 8.69. The molecule has 6 aliphatic rings. The minimum atomic E-state index is -0.634. The second kappa shape index (κ2) is 6.02. The van der Waals surface area contributed by atoms with Gasteiger partial charge in [0.05, 0.1) is 0 Å². The van der Waals surface area contributed by atoms with Gasteiger partial charge in [0.25, 0.3) is 5.91 Å². The van der Waals surface area contributed by atoms with Crippen LogP contribution in [0.5, 0.6) is 0 Å². The lowest BCUT2D eigenvalue weighted by molar-refractivity contribution is -0.0772. The standard InChI is InChI=1S/C23H29FN2O2/c24-19-8-17(22(27)25-28)6-16-7-18-1-2-20(21(16)19)26(18)12-23-9-13-3-14(10-23)5-15(4-13)11-23/h6,8,13-15,18,20,28H,1-5,7,9-12H2,(H,25,27). The molecule has 2 heterocycles. The normalized spacial score (nSPS) is 40.6. The maximum absolute atomic E-state index is 15.1. The molecule has 1 saturated heterocycles. The van der Waals surface area contributed by atoms with E-state index in [9.17, 15) is 4.79 Å². The lowest BCUT2D eigenvalue weighted by Crippen LogP contribution is -2.53. The summed E-state index contributed by atoms with van der Waals surface area (Å²) < 4.78 is 15.1. The van der Waals surface area contributed by atoms with Crippen molar-refractivity contribution in [1.82, 2.24) is 10.4 Å². The molecule has 6 bridgehead atoms. The molecule has 5 heteroatoms. The van der Waals surface area contributed by atoms with Crippen molar-refractivity contribution in [3.05, 3.63) is 34.6 Å². The van der Waals surface area contributed by atoms with Crippen LogP contribution >= 0.6 is 0 Å². The molecule has 1 aromatic carbocycles. The number of halogens is 1. The molecule has 2 N–H and O–H groups in total. The van der Waals surface area contributed by atoms with Crippen molar-refractivity contribution < 1.29 is 14.4 Å². The third kappa shape index (κ3) is 2.51. The molecule has 4 aliphatic carbocycles. The minimum Gasteiger partial charge on any atom is -0.292 e. The third-order valence-electron chi connectivity index (χ3n) is 8.69. The zero-order valence-corrected chi connectivity index (χ0v) is 16.3. The van der Waals surface area contributed by atoms with Crippen LogP contribution in [0.15, 0.2) is 12.1 Å². The molecule has 0 aromatic heterocycles. The van der Waals surface area contributed by atoms with Crippen molar-refractivity contribution in [3.8, 4) is 0 Å². The van der Waals surface area contributed by atoms with Crippen molar-refractivity contribution in [1.29, 1.82) is 0 Å². The first kappa shape index (κ1) is 17.4. The van der Waals surface area contributed by atoms with E-state index >= 15 is 4.39 Å². The molecule has 4 nitrogen and oxygen atoms in total. The molecule has 28 heavy (non-hydrogen) atoms. The van der Waals surface area contributed by atoms with Crippen molar-refractivity contribution in [2.45, 2.75) is 69.9 Å². The molecule has 0 radical (unpaired) electrons. The Labute approximate surface area is 165 Å².